The Kier molecular flexibility index (Phi) is 8.18. The average molecular weight is 434 g/mol. The second-order valence-corrected chi connectivity index (χ2v) is 8.08. The molecule has 3 atom stereocenters. The minimum atomic E-state index is -0.250. The highest BCUT2D eigenvalue weighted by Gasteiger charge is 2.40. The van der Waals surface area contributed by atoms with E-state index in [2.05, 4.69) is 27.3 Å². The predicted molar refractivity (Wildman–Crippen MR) is 113 cm³/mol. The lowest BCUT2D eigenvalue weighted by Crippen LogP contribution is -2.45. The topological polar surface area (TPSA) is 101 Å². The van der Waals surface area contributed by atoms with Crippen LogP contribution in [0.3, 0.4) is 0 Å². The monoisotopic (exact) mass is 433 g/mol. The van der Waals surface area contributed by atoms with Crippen molar-refractivity contribution in [2.45, 2.75) is 19.1 Å². The van der Waals surface area contributed by atoms with Crippen LogP contribution in [-0.4, -0.2) is 66.8 Å². The van der Waals surface area contributed by atoms with E-state index in [1.165, 1.54) is 16.9 Å². The van der Waals surface area contributed by atoms with E-state index in [0.717, 1.165) is 38.4 Å². The van der Waals surface area contributed by atoms with Gasteiger partial charge in [0.15, 0.2) is 0 Å². The number of ether oxygens (including phenoxy) is 2. The number of carbonyl (C=O) groups excluding carboxylic acids is 1. The highest BCUT2D eigenvalue weighted by atomic mass is 32.1. The lowest BCUT2D eigenvalue weighted by molar-refractivity contribution is -0.122. The molecule has 2 fully saturated rings. The number of nitrogens with zero attached hydrogens (tertiary/aromatic N) is 2. The molecule has 0 aliphatic carbocycles. The summed E-state index contributed by atoms with van der Waals surface area (Å²) in [6.45, 7) is 4.09. The average Bonchev–Trinajstić information content (AvgIpc) is 3.43. The molecule has 2 aliphatic heterocycles. The van der Waals surface area contributed by atoms with E-state index in [1.54, 1.807) is 18.0 Å². The van der Waals surface area contributed by atoms with E-state index in [4.69, 9.17) is 19.4 Å². The van der Waals surface area contributed by atoms with Crippen LogP contribution in [0.25, 0.3) is 0 Å². The van der Waals surface area contributed by atoms with Crippen molar-refractivity contribution in [3.63, 3.8) is 0 Å². The van der Waals surface area contributed by atoms with Crippen LogP contribution >= 0.6 is 11.3 Å². The molecule has 0 spiro atoms. The molecule has 8 nitrogen and oxygen atoms in total. The Hall–Kier alpha value is -2.49. The number of carboxylic acid groups (broad SMARTS) is 1. The van der Waals surface area contributed by atoms with E-state index >= 15 is 0 Å². The first kappa shape index (κ1) is 22.2. The van der Waals surface area contributed by atoms with Gasteiger partial charge in [-0.2, -0.15) is 0 Å². The van der Waals surface area contributed by atoms with Crippen molar-refractivity contribution in [3.8, 4) is 5.75 Å². The summed E-state index contributed by atoms with van der Waals surface area (Å²) in [5.41, 5.74) is 3.42. The third-order valence-corrected chi connectivity index (χ3v) is 6.15. The lowest BCUT2D eigenvalue weighted by atomic mass is 9.84. The van der Waals surface area contributed by atoms with E-state index < -0.39 is 0 Å². The fourth-order valence-electron chi connectivity index (χ4n) is 4.09. The van der Waals surface area contributed by atoms with Crippen molar-refractivity contribution in [2.75, 3.05) is 33.4 Å². The van der Waals surface area contributed by atoms with Gasteiger partial charge in [-0.25, -0.2) is 4.98 Å². The molecule has 9 heteroatoms. The van der Waals surface area contributed by atoms with E-state index in [0.29, 0.717) is 24.1 Å². The van der Waals surface area contributed by atoms with Gasteiger partial charge in [-0.15, -0.1) is 11.3 Å². The number of fused-ring (bicyclic) bond motifs is 1. The van der Waals surface area contributed by atoms with Gasteiger partial charge in [-0.1, -0.05) is 12.1 Å². The van der Waals surface area contributed by atoms with Crippen molar-refractivity contribution in [2.24, 2.45) is 11.8 Å². The molecule has 162 valence electrons. The van der Waals surface area contributed by atoms with Crippen LogP contribution in [0, 0.1) is 11.8 Å². The fourth-order valence-corrected chi connectivity index (χ4v) is 4.62. The zero-order valence-electron chi connectivity index (χ0n) is 16.9. The van der Waals surface area contributed by atoms with Gasteiger partial charge in [0.2, 0.25) is 0 Å². The summed E-state index contributed by atoms with van der Waals surface area (Å²) >= 11 is 1.43. The summed E-state index contributed by atoms with van der Waals surface area (Å²) in [4.78, 5) is 27.1. The molecule has 0 bridgehead atoms. The minimum absolute atomic E-state index is 0.0747. The first-order chi connectivity index (χ1) is 14.6. The van der Waals surface area contributed by atoms with Crippen molar-refractivity contribution < 1.29 is 24.2 Å². The molecular formula is C21H27N3O5S. The van der Waals surface area contributed by atoms with Gasteiger partial charge in [0.05, 0.1) is 25.3 Å². The number of rotatable bonds is 6. The maximum atomic E-state index is 12.1. The number of methoxy groups -OCH3 is 1. The molecule has 1 aromatic heterocycles. The molecule has 2 aliphatic rings. The summed E-state index contributed by atoms with van der Waals surface area (Å²) < 4.78 is 11.4. The number of benzene rings is 1. The Morgan fingerprint density at radius 1 is 1.50 bits per heavy atom. The minimum Gasteiger partial charge on any atom is -0.497 e. The van der Waals surface area contributed by atoms with Crippen LogP contribution in [0.15, 0.2) is 35.2 Å². The van der Waals surface area contributed by atoms with Crippen LogP contribution in [0.5, 0.6) is 5.75 Å². The quantitative estimate of drug-likeness (QED) is 0.673. The summed E-state index contributed by atoms with van der Waals surface area (Å²) in [6, 6.07) is 8.26. The van der Waals surface area contributed by atoms with Gasteiger partial charge in [0.25, 0.3) is 12.4 Å². The van der Waals surface area contributed by atoms with Gasteiger partial charge < -0.3 is 19.9 Å². The second-order valence-electron chi connectivity index (χ2n) is 7.36. The van der Waals surface area contributed by atoms with Crippen molar-refractivity contribution >= 4 is 23.7 Å². The Morgan fingerprint density at radius 3 is 3.07 bits per heavy atom. The molecule has 4 rings (SSSR count). The fraction of sp³-hybridized carbons (Fsp3) is 0.476. The Labute approximate surface area is 179 Å². The summed E-state index contributed by atoms with van der Waals surface area (Å²) in [5, 5.41) is 11.6. The Balaban J connectivity index is 0.000000806. The molecule has 0 saturated carbocycles. The molecule has 1 amide bonds. The van der Waals surface area contributed by atoms with Crippen LogP contribution in [0.2, 0.25) is 0 Å². The maximum absolute atomic E-state index is 12.1. The highest BCUT2D eigenvalue weighted by molar-refractivity contribution is 7.07. The molecule has 3 heterocycles. The number of likely N-dealkylation sites (tertiary alicyclic amines) is 1. The lowest BCUT2D eigenvalue weighted by Gasteiger charge is -2.36. The van der Waals surface area contributed by atoms with Crippen LogP contribution in [-0.2, 0) is 16.1 Å². The van der Waals surface area contributed by atoms with Gasteiger partial charge in [0.1, 0.15) is 11.4 Å². The Bertz CT molecular complexity index is 817. The SMILES string of the molecule is COc1cccc(CN2CC[C@H]3CO[C@H](CNC(=O)c4cscn4)[C@H]3C2)c1.O=CO. The molecule has 1 aromatic carbocycles. The normalized spacial score (nSPS) is 23.0. The number of hydrogen-bond donors (Lipinski definition) is 2. The van der Waals surface area contributed by atoms with E-state index in [-0.39, 0.29) is 18.5 Å². The number of amides is 1. The molecule has 30 heavy (non-hydrogen) atoms. The maximum Gasteiger partial charge on any atom is 0.290 e. The van der Waals surface area contributed by atoms with Crippen LogP contribution in [0.1, 0.15) is 22.5 Å². The predicted octanol–water partition coefficient (Wildman–Crippen LogP) is 2.12. The number of thiazole rings is 1. The van der Waals surface area contributed by atoms with Crippen molar-refractivity contribution in [3.05, 3.63) is 46.4 Å². The third-order valence-electron chi connectivity index (χ3n) is 5.56. The third kappa shape index (κ3) is 5.78. The van der Waals surface area contributed by atoms with Crippen molar-refractivity contribution in [1.29, 1.82) is 0 Å². The molecule has 0 unspecified atom stereocenters. The molecular weight excluding hydrogens is 406 g/mol. The van der Waals surface area contributed by atoms with E-state index in [1.807, 2.05) is 12.1 Å². The second kappa shape index (κ2) is 11.1. The number of hydrogen-bond acceptors (Lipinski definition) is 7. The summed E-state index contributed by atoms with van der Waals surface area (Å²) in [7, 11) is 1.70. The zero-order chi connectivity index (χ0) is 21.3. The van der Waals surface area contributed by atoms with Gasteiger partial charge in [-0.3, -0.25) is 14.5 Å². The number of nitrogens with one attached hydrogen (secondary N) is 1. The first-order valence-electron chi connectivity index (χ1n) is 9.85. The van der Waals surface area contributed by atoms with Gasteiger partial charge >= 0.3 is 0 Å². The van der Waals surface area contributed by atoms with Crippen LogP contribution in [0.4, 0.5) is 0 Å². The van der Waals surface area contributed by atoms with E-state index in [9.17, 15) is 4.79 Å². The highest BCUT2D eigenvalue weighted by Crippen LogP contribution is 2.34. The largest absolute Gasteiger partial charge is 0.497 e. The first-order valence-corrected chi connectivity index (χ1v) is 10.8. The van der Waals surface area contributed by atoms with Crippen LogP contribution < -0.4 is 10.1 Å². The molecule has 2 saturated heterocycles. The Morgan fingerprint density at radius 2 is 2.33 bits per heavy atom. The van der Waals surface area contributed by atoms with Gasteiger partial charge in [-0.05, 0) is 36.6 Å². The zero-order valence-corrected chi connectivity index (χ0v) is 17.7. The number of aromatic nitrogens is 1. The van der Waals surface area contributed by atoms with Gasteiger partial charge in [0, 0.05) is 30.9 Å². The van der Waals surface area contributed by atoms with Crippen molar-refractivity contribution in [1.82, 2.24) is 15.2 Å². The molecule has 2 N–H and O–H groups in total. The number of piperidine rings is 1. The molecule has 0 radical (unpaired) electrons. The number of carbonyl (C=O) groups is 2. The molecule has 2 aromatic rings. The standard InChI is InChI=1S/C20H25N3O3S.CH2O2/c1-25-16-4-2-3-14(7-16)9-23-6-5-15-11-26-19(17(15)10-23)8-21-20(24)18-12-27-13-22-18;2-1-3/h2-4,7,12-13,15,17,19H,5-6,8-11H2,1H3,(H,21,24);1H,(H,2,3)/t15-,17-,19+;/m0./s1. The summed E-state index contributed by atoms with van der Waals surface area (Å²) in [6.07, 6.45) is 1.22. The summed E-state index contributed by atoms with van der Waals surface area (Å²) in [5.74, 6) is 1.83. The smallest absolute Gasteiger partial charge is 0.290 e.